The Kier molecular flexibility index (Phi) is 5.02. The van der Waals surface area contributed by atoms with E-state index in [9.17, 15) is 9.59 Å². The van der Waals surface area contributed by atoms with Gasteiger partial charge in [0.2, 0.25) is 5.91 Å². The highest BCUT2D eigenvalue weighted by atomic mass is 35.5. The third-order valence-electron chi connectivity index (χ3n) is 3.87. The lowest BCUT2D eigenvalue weighted by molar-refractivity contribution is -0.124. The van der Waals surface area contributed by atoms with E-state index < -0.39 is 6.04 Å². The van der Waals surface area contributed by atoms with Crippen molar-refractivity contribution in [3.8, 4) is 0 Å². The molecule has 1 aromatic heterocycles. The van der Waals surface area contributed by atoms with Gasteiger partial charge in [-0.15, -0.1) is 0 Å². The van der Waals surface area contributed by atoms with Gasteiger partial charge in [-0.05, 0) is 36.2 Å². The van der Waals surface area contributed by atoms with Gasteiger partial charge in [-0.2, -0.15) is 0 Å². The molecule has 3 rings (SSSR count). The van der Waals surface area contributed by atoms with Crippen LogP contribution in [0.15, 0.2) is 53.3 Å². The van der Waals surface area contributed by atoms with E-state index in [2.05, 4.69) is 5.32 Å². The topological polar surface area (TPSA) is 51.1 Å². The third kappa shape index (κ3) is 3.37. The van der Waals surface area contributed by atoms with Crippen molar-refractivity contribution in [3.05, 3.63) is 69.5 Å². The van der Waals surface area contributed by atoms with Gasteiger partial charge in [0, 0.05) is 11.6 Å². The van der Waals surface area contributed by atoms with Crippen LogP contribution in [0, 0.1) is 0 Å². The number of halogens is 1. The summed E-state index contributed by atoms with van der Waals surface area (Å²) in [6, 6.07) is 14.2. The molecule has 24 heavy (non-hydrogen) atoms. The van der Waals surface area contributed by atoms with Crippen LogP contribution >= 0.6 is 23.1 Å². The summed E-state index contributed by atoms with van der Waals surface area (Å²) in [6.45, 7) is 2.31. The fourth-order valence-electron chi connectivity index (χ4n) is 2.56. The Morgan fingerprint density at radius 2 is 1.92 bits per heavy atom. The summed E-state index contributed by atoms with van der Waals surface area (Å²) in [7, 11) is 0. The highest BCUT2D eigenvalue weighted by Crippen LogP contribution is 2.21. The Balaban J connectivity index is 1.79. The van der Waals surface area contributed by atoms with E-state index in [1.165, 1.54) is 11.5 Å². The summed E-state index contributed by atoms with van der Waals surface area (Å²) in [5.41, 5.74) is 0.857. The summed E-state index contributed by atoms with van der Waals surface area (Å²) < 4.78 is 2.47. The van der Waals surface area contributed by atoms with Crippen LogP contribution in [0.4, 0.5) is 0 Å². The minimum Gasteiger partial charge on any atom is -0.350 e. The second-order valence-corrected chi connectivity index (χ2v) is 6.94. The maximum Gasteiger partial charge on any atom is 0.269 e. The molecule has 3 aromatic rings. The average Bonchev–Trinajstić information content (AvgIpc) is 2.92. The van der Waals surface area contributed by atoms with Gasteiger partial charge in [-0.1, -0.05) is 54.3 Å². The lowest BCUT2D eigenvalue weighted by atomic mass is 10.2. The van der Waals surface area contributed by atoms with Crippen molar-refractivity contribution in [1.29, 1.82) is 0 Å². The first-order valence-corrected chi connectivity index (χ1v) is 8.88. The van der Waals surface area contributed by atoms with Crippen LogP contribution in [0.1, 0.15) is 24.9 Å². The SMILES string of the molecule is CC[C@@H](C(=O)NCc1ccc(Cl)cc1)n1sc2ccccc2c1=O. The molecule has 124 valence electrons. The molecular weight excluding hydrogens is 344 g/mol. The maximum absolute atomic E-state index is 12.6. The van der Waals surface area contributed by atoms with Gasteiger partial charge in [0.15, 0.2) is 0 Å². The number of amides is 1. The lowest BCUT2D eigenvalue weighted by Crippen LogP contribution is -2.34. The van der Waals surface area contributed by atoms with Crippen molar-refractivity contribution in [2.24, 2.45) is 0 Å². The van der Waals surface area contributed by atoms with Gasteiger partial charge in [0.1, 0.15) is 6.04 Å². The summed E-state index contributed by atoms with van der Waals surface area (Å²) in [6.07, 6.45) is 0.555. The lowest BCUT2D eigenvalue weighted by Gasteiger charge is -2.15. The van der Waals surface area contributed by atoms with Crippen LogP contribution < -0.4 is 10.9 Å². The fraction of sp³-hybridized carbons (Fsp3) is 0.222. The Bertz CT molecular complexity index is 915. The molecule has 0 bridgehead atoms. The van der Waals surface area contributed by atoms with Crippen LogP contribution in [0.5, 0.6) is 0 Å². The van der Waals surface area contributed by atoms with Gasteiger partial charge in [-0.25, -0.2) is 0 Å². The van der Waals surface area contributed by atoms with Gasteiger partial charge < -0.3 is 5.32 Å². The maximum atomic E-state index is 12.6. The number of hydrogen-bond acceptors (Lipinski definition) is 3. The van der Waals surface area contributed by atoms with Crippen molar-refractivity contribution in [2.75, 3.05) is 0 Å². The molecule has 0 saturated carbocycles. The Hall–Kier alpha value is -2.11. The number of nitrogens with zero attached hydrogens (tertiary/aromatic N) is 1. The number of hydrogen-bond donors (Lipinski definition) is 1. The molecular formula is C18H17ClN2O2S. The normalized spacial score (nSPS) is 12.2. The molecule has 0 aliphatic carbocycles. The monoisotopic (exact) mass is 360 g/mol. The average molecular weight is 361 g/mol. The minimum absolute atomic E-state index is 0.107. The molecule has 0 saturated heterocycles. The third-order valence-corrected chi connectivity index (χ3v) is 5.29. The first-order valence-electron chi connectivity index (χ1n) is 7.73. The highest BCUT2D eigenvalue weighted by Gasteiger charge is 2.22. The van der Waals surface area contributed by atoms with Gasteiger partial charge >= 0.3 is 0 Å². The molecule has 0 unspecified atom stereocenters. The van der Waals surface area contributed by atoms with Crippen molar-refractivity contribution >= 4 is 39.1 Å². The molecule has 2 aromatic carbocycles. The Labute approximate surface area is 148 Å². The molecule has 1 N–H and O–H groups in total. The Morgan fingerprint density at radius 3 is 2.58 bits per heavy atom. The molecule has 1 atom stereocenters. The molecule has 0 aliphatic heterocycles. The number of rotatable bonds is 5. The van der Waals surface area contributed by atoms with Crippen LogP contribution in [0.25, 0.3) is 10.1 Å². The predicted molar refractivity (Wildman–Crippen MR) is 98.7 cm³/mol. The zero-order valence-corrected chi connectivity index (χ0v) is 14.7. The quantitative estimate of drug-likeness (QED) is 0.748. The minimum atomic E-state index is -0.498. The molecule has 4 nitrogen and oxygen atoms in total. The van der Waals surface area contributed by atoms with Crippen LogP contribution in [0.3, 0.4) is 0 Å². The predicted octanol–water partition coefficient (Wildman–Crippen LogP) is 3.98. The van der Waals surface area contributed by atoms with E-state index in [0.29, 0.717) is 23.4 Å². The number of aromatic nitrogens is 1. The fourth-order valence-corrected chi connectivity index (χ4v) is 3.85. The molecule has 1 amide bonds. The second-order valence-electron chi connectivity index (χ2n) is 5.49. The molecule has 6 heteroatoms. The van der Waals surface area contributed by atoms with E-state index in [0.717, 1.165) is 10.3 Å². The van der Waals surface area contributed by atoms with Gasteiger partial charge in [0.05, 0.1) is 10.1 Å². The zero-order valence-electron chi connectivity index (χ0n) is 13.2. The smallest absolute Gasteiger partial charge is 0.269 e. The van der Waals surface area contributed by atoms with E-state index in [4.69, 9.17) is 11.6 Å². The van der Waals surface area contributed by atoms with E-state index in [1.54, 1.807) is 22.2 Å². The van der Waals surface area contributed by atoms with E-state index in [1.807, 2.05) is 37.3 Å². The number of nitrogens with one attached hydrogen (secondary N) is 1. The second kappa shape index (κ2) is 7.20. The molecule has 0 radical (unpaired) electrons. The van der Waals surface area contributed by atoms with E-state index in [-0.39, 0.29) is 11.5 Å². The van der Waals surface area contributed by atoms with Crippen molar-refractivity contribution < 1.29 is 4.79 Å². The summed E-state index contributed by atoms with van der Waals surface area (Å²) in [4.78, 5) is 25.1. The standard InChI is InChI=1S/C18H17ClN2O2S/c1-2-15(17(22)20-11-12-7-9-13(19)10-8-12)21-18(23)14-5-3-4-6-16(14)24-21/h3-10,15H,2,11H2,1H3,(H,20,22)/t15-/m0/s1. The highest BCUT2D eigenvalue weighted by molar-refractivity contribution is 7.14. The summed E-state index contributed by atoms with van der Waals surface area (Å²) in [5, 5.41) is 4.22. The first kappa shape index (κ1) is 16.7. The van der Waals surface area contributed by atoms with Crippen LogP contribution in [0.2, 0.25) is 5.02 Å². The van der Waals surface area contributed by atoms with Crippen LogP contribution in [-0.4, -0.2) is 9.86 Å². The molecule has 0 aliphatic rings. The number of fused-ring (bicyclic) bond motifs is 1. The number of benzene rings is 2. The van der Waals surface area contributed by atoms with Crippen molar-refractivity contribution in [1.82, 2.24) is 9.27 Å². The first-order chi connectivity index (χ1) is 11.6. The van der Waals surface area contributed by atoms with Gasteiger partial charge in [0.25, 0.3) is 5.56 Å². The van der Waals surface area contributed by atoms with Crippen LogP contribution in [-0.2, 0) is 11.3 Å². The largest absolute Gasteiger partial charge is 0.350 e. The molecule has 1 heterocycles. The van der Waals surface area contributed by atoms with Crippen molar-refractivity contribution in [2.45, 2.75) is 25.9 Å². The summed E-state index contributed by atoms with van der Waals surface area (Å²) in [5.74, 6) is -0.152. The Morgan fingerprint density at radius 1 is 1.21 bits per heavy atom. The van der Waals surface area contributed by atoms with Gasteiger partial charge in [-0.3, -0.25) is 13.5 Å². The van der Waals surface area contributed by atoms with E-state index >= 15 is 0 Å². The molecule has 0 fully saturated rings. The molecule has 0 spiro atoms. The van der Waals surface area contributed by atoms with Crippen molar-refractivity contribution in [3.63, 3.8) is 0 Å². The number of carbonyl (C=O) groups is 1. The summed E-state index contributed by atoms with van der Waals surface area (Å²) >= 11 is 7.19. The number of carbonyl (C=O) groups excluding carboxylic acids is 1. The zero-order chi connectivity index (χ0) is 17.1.